The molecule has 3 rings (SSSR count). The van der Waals surface area contributed by atoms with Crippen LogP contribution in [0.3, 0.4) is 0 Å². The zero-order valence-electron chi connectivity index (χ0n) is 17.2. The summed E-state index contributed by atoms with van der Waals surface area (Å²) in [5, 5.41) is 13.9. The minimum absolute atomic E-state index is 0.0323. The second-order valence-electron chi connectivity index (χ2n) is 7.01. The summed E-state index contributed by atoms with van der Waals surface area (Å²) in [5.74, 6) is -1.35. The number of nitro groups is 1. The molecule has 0 unspecified atom stereocenters. The van der Waals surface area contributed by atoms with Gasteiger partial charge in [-0.3, -0.25) is 14.9 Å². The van der Waals surface area contributed by atoms with Gasteiger partial charge in [-0.2, -0.15) is 0 Å². The van der Waals surface area contributed by atoms with Gasteiger partial charge in [0.2, 0.25) is 6.10 Å². The number of nitrogens with one attached hydrogen (secondary N) is 1. The molecule has 3 aromatic carbocycles. The molecule has 1 N–H and O–H groups in total. The summed E-state index contributed by atoms with van der Waals surface area (Å²) in [4.78, 5) is 36.5. The molecule has 0 bridgehead atoms. The van der Waals surface area contributed by atoms with E-state index in [-0.39, 0.29) is 11.4 Å². The molecule has 0 fully saturated rings. The first-order valence-corrected chi connectivity index (χ1v) is 9.79. The molecule has 0 aliphatic heterocycles. The van der Waals surface area contributed by atoms with Crippen molar-refractivity contribution in [2.45, 2.75) is 26.4 Å². The van der Waals surface area contributed by atoms with Crippen molar-refractivity contribution in [1.29, 1.82) is 0 Å². The molecule has 31 heavy (non-hydrogen) atoms. The maximum absolute atomic E-state index is 13.0. The molecule has 7 heteroatoms. The number of anilines is 1. The summed E-state index contributed by atoms with van der Waals surface area (Å²) in [6, 6.07) is 19.9. The summed E-state index contributed by atoms with van der Waals surface area (Å²) in [6.07, 6.45) is -0.444. The predicted octanol–water partition coefficient (Wildman–Crippen LogP) is 5.00. The van der Waals surface area contributed by atoms with Crippen LogP contribution in [0.2, 0.25) is 0 Å². The lowest BCUT2D eigenvalue weighted by Crippen LogP contribution is -2.26. The Labute approximate surface area is 179 Å². The van der Waals surface area contributed by atoms with E-state index in [1.807, 2.05) is 19.1 Å². The van der Waals surface area contributed by atoms with E-state index in [1.54, 1.807) is 55.5 Å². The van der Waals surface area contributed by atoms with Crippen molar-refractivity contribution in [3.63, 3.8) is 0 Å². The number of benzene rings is 3. The number of aryl methyl sites for hydroxylation is 2. The van der Waals surface area contributed by atoms with Crippen LogP contribution in [0.25, 0.3) is 0 Å². The van der Waals surface area contributed by atoms with Crippen LogP contribution < -0.4 is 5.32 Å². The highest BCUT2D eigenvalue weighted by Crippen LogP contribution is 2.28. The van der Waals surface area contributed by atoms with Crippen LogP contribution in [0.1, 0.15) is 40.1 Å². The third kappa shape index (κ3) is 5.33. The van der Waals surface area contributed by atoms with Crippen LogP contribution in [-0.2, 0) is 16.0 Å². The van der Waals surface area contributed by atoms with Gasteiger partial charge in [0.25, 0.3) is 11.6 Å². The van der Waals surface area contributed by atoms with Crippen molar-refractivity contribution < 1.29 is 19.2 Å². The fourth-order valence-electron chi connectivity index (χ4n) is 3.05. The van der Waals surface area contributed by atoms with E-state index in [1.165, 1.54) is 12.1 Å². The van der Waals surface area contributed by atoms with Gasteiger partial charge >= 0.3 is 5.97 Å². The van der Waals surface area contributed by atoms with Gasteiger partial charge < -0.3 is 10.1 Å². The van der Waals surface area contributed by atoms with Crippen LogP contribution in [0.4, 0.5) is 11.4 Å². The molecule has 3 aromatic rings. The molecular weight excluding hydrogens is 396 g/mol. The SMILES string of the molecule is CCc1ccc(C(=O)O[C@@H](C(=O)Nc2ccc(C)cc2[N+](=O)[O-])c2ccccc2)cc1. The molecule has 0 saturated carbocycles. The number of esters is 1. The first-order chi connectivity index (χ1) is 14.9. The molecule has 158 valence electrons. The summed E-state index contributed by atoms with van der Waals surface area (Å²) in [5.41, 5.74) is 2.32. The number of amides is 1. The Kier molecular flexibility index (Phi) is 6.77. The second-order valence-corrected chi connectivity index (χ2v) is 7.01. The van der Waals surface area contributed by atoms with Gasteiger partial charge in [-0.25, -0.2) is 4.79 Å². The van der Waals surface area contributed by atoms with E-state index in [0.29, 0.717) is 16.7 Å². The van der Waals surface area contributed by atoms with Crippen LogP contribution in [0.15, 0.2) is 72.8 Å². The summed E-state index contributed by atoms with van der Waals surface area (Å²) in [7, 11) is 0. The highest BCUT2D eigenvalue weighted by Gasteiger charge is 2.27. The lowest BCUT2D eigenvalue weighted by Gasteiger charge is -2.18. The first-order valence-electron chi connectivity index (χ1n) is 9.79. The number of hydrogen-bond acceptors (Lipinski definition) is 5. The van der Waals surface area contributed by atoms with E-state index in [2.05, 4.69) is 5.32 Å². The van der Waals surface area contributed by atoms with Crippen molar-refractivity contribution in [2.24, 2.45) is 0 Å². The molecule has 0 radical (unpaired) electrons. The Balaban J connectivity index is 1.88. The number of ether oxygens (including phenoxy) is 1. The van der Waals surface area contributed by atoms with E-state index in [4.69, 9.17) is 4.74 Å². The third-order valence-corrected chi connectivity index (χ3v) is 4.77. The average molecular weight is 418 g/mol. The monoisotopic (exact) mass is 418 g/mol. The van der Waals surface area contributed by atoms with Crippen LogP contribution in [-0.4, -0.2) is 16.8 Å². The van der Waals surface area contributed by atoms with Crippen molar-refractivity contribution in [3.8, 4) is 0 Å². The Morgan fingerprint density at radius 2 is 1.71 bits per heavy atom. The quantitative estimate of drug-likeness (QED) is 0.331. The molecule has 7 nitrogen and oxygen atoms in total. The number of carbonyl (C=O) groups excluding carboxylic acids is 2. The van der Waals surface area contributed by atoms with Gasteiger partial charge in [0.1, 0.15) is 5.69 Å². The highest BCUT2D eigenvalue weighted by atomic mass is 16.6. The normalized spacial score (nSPS) is 11.4. The number of nitro benzene ring substituents is 1. The molecule has 0 saturated heterocycles. The fourth-order valence-corrected chi connectivity index (χ4v) is 3.05. The zero-order chi connectivity index (χ0) is 22.4. The molecule has 0 aliphatic carbocycles. The Hall–Kier alpha value is -4.00. The Bertz CT molecular complexity index is 1090. The van der Waals surface area contributed by atoms with E-state index in [9.17, 15) is 19.7 Å². The second kappa shape index (κ2) is 9.67. The molecule has 1 amide bonds. The molecule has 0 spiro atoms. The minimum atomic E-state index is -1.28. The van der Waals surface area contributed by atoms with E-state index >= 15 is 0 Å². The van der Waals surface area contributed by atoms with Gasteiger partial charge in [-0.1, -0.05) is 55.5 Å². The summed E-state index contributed by atoms with van der Waals surface area (Å²) in [6.45, 7) is 3.73. The first kappa shape index (κ1) is 21.7. The number of carbonyl (C=O) groups is 2. The lowest BCUT2D eigenvalue weighted by atomic mass is 10.1. The van der Waals surface area contributed by atoms with Crippen LogP contribution >= 0.6 is 0 Å². The van der Waals surface area contributed by atoms with Crippen molar-refractivity contribution >= 4 is 23.3 Å². The third-order valence-electron chi connectivity index (χ3n) is 4.77. The van der Waals surface area contributed by atoms with E-state index < -0.39 is 22.9 Å². The average Bonchev–Trinajstić information content (AvgIpc) is 2.78. The molecule has 1 atom stereocenters. The maximum atomic E-state index is 13.0. The molecule has 0 heterocycles. The molecular formula is C24H22N2O5. The highest BCUT2D eigenvalue weighted by molar-refractivity contribution is 5.99. The van der Waals surface area contributed by atoms with Crippen molar-refractivity contribution in [3.05, 3.63) is 105 Å². The lowest BCUT2D eigenvalue weighted by molar-refractivity contribution is -0.384. The minimum Gasteiger partial charge on any atom is -0.444 e. The largest absolute Gasteiger partial charge is 0.444 e. The number of hydrogen-bond donors (Lipinski definition) is 1. The van der Waals surface area contributed by atoms with Crippen molar-refractivity contribution in [2.75, 3.05) is 5.32 Å². The topological polar surface area (TPSA) is 98.5 Å². The molecule has 0 aliphatic rings. The van der Waals surface area contributed by atoms with Gasteiger partial charge in [0.05, 0.1) is 10.5 Å². The summed E-state index contributed by atoms with van der Waals surface area (Å²) >= 11 is 0. The molecule has 0 aromatic heterocycles. The summed E-state index contributed by atoms with van der Waals surface area (Å²) < 4.78 is 5.53. The van der Waals surface area contributed by atoms with Crippen LogP contribution in [0.5, 0.6) is 0 Å². The van der Waals surface area contributed by atoms with Gasteiger partial charge in [-0.05, 0) is 42.7 Å². The standard InChI is InChI=1S/C24H22N2O5/c1-3-17-10-12-19(13-11-17)24(28)31-22(18-7-5-4-6-8-18)23(27)25-20-14-9-16(2)15-21(20)26(29)30/h4-15,22H,3H2,1-2H3,(H,25,27)/t22-/m1/s1. The van der Waals surface area contributed by atoms with Gasteiger partial charge in [0.15, 0.2) is 0 Å². The Morgan fingerprint density at radius 1 is 1.03 bits per heavy atom. The zero-order valence-corrected chi connectivity index (χ0v) is 17.2. The fraction of sp³-hybridized carbons (Fsp3) is 0.167. The van der Waals surface area contributed by atoms with Crippen molar-refractivity contribution in [1.82, 2.24) is 0 Å². The number of rotatable bonds is 7. The van der Waals surface area contributed by atoms with E-state index in [0.717, 1.165) is 12.0 Å². The smallest absolute Gasteiger partial charge is 0.339 e. The number of nitrogens with zero attached hydrogens (tertiary/aromatic N) is 1. The van der Waals surface area contributed by atoms with Crippen LogP contribution in [0, 0.1) is 17.0 Å². The van der Waals surface area contributed by atoms with Gasteiger partial charge in [0, 0.05) is 11.6 Å². The Morgan fingerprint density at radius 3 is 2.32 bits per heavy atom. The predicted molar refractivity (Wildman–Crippen MR) is 117 cm³/mol. The van der Waals surface area contributed by atoms with Gasteiger partial charge in [-0.15, -0.1) is 0 Å². The maximum Gasteiger partial charge on any atom is 0.339 e.